The first-order valence-electron chi connectivity index (χ1n) is 6.06. The monoisotopic (exact) mass is 253 g/mol. The molecule has 0 saturated heterocycles. The smallest absolute Gasteiger partial charge is 0.321 e. The number of likely N-dealkylation sites (N-methyl/N-ethyl adjacent to an activating group) is 1. The summed E-state index contributed by atoms with van der Waals surface area (Å²) in [7, 11) is 1.94. The van der Waals surface area contributed by atoms with E-state index < -0.39 is 5.97 Å². The summed E-state index contributed by atoms with van der Waals surface area (Å²) in [5, 5.41) is 11.4. The molecular formula is C13H19NO2S. The Morgan fingerprint density at radius 3 is 2.82 bits per heavy atom. The van der Waals surface area contributed by atoms with E-state index in [4.69, 9.17) is 0 Å². The van der Waals surface area contributed by atoms with E-state index in [9.17, 15) is 9.90 Å². The molecular weight excluding hydrogens is 234 g/mol. The Labute approximate surface area is 106 Å². The van der Waals surface area contributed by atoms with Gasteiger partial charge in [0.15, 0.2) is 0 Å². The molecule has 1 saturated carbocycles. The standard InChI is InChI=1S/C13H19NO2S/c1-9(8-11-4-3-7-17-11)14(2)12(13(15)16)10-5-6-10/h3-4,7,9-10,12H,5-6,8H2,1-2H3,(H,15,16). The first kappa shape index (κ1) is 12.6. The third-order valence-corrected chi connectivity index (χ3v) is 4.43. The Balaban J connectivity index is 1.97. The number of aliphatic carboxylic acids is 1. The Bertz CT molecular complexity index is 373. The highest BCUT2D eigenvalue weighted by atomic mass is 32.1. The van der Waals surface area contributed by atoms with Crippen molar-refractivity contribution in [1.82, 2.24) is 4.90 Å². The van der Waals surface area contributed by atoms with Crippen LogP contribution in [0.5, 0.6) is 0 Å². The minimum atomic E-state index is -0.673. The molecule has 2 atom stereocenters. The fraction of sp³-hybridized carbons (Fsp3) is 0.615. The second-order valence-corrected chi connectivity index (χ2v) is 5.95. The van der Waals surface area contributed by atoms with Crippen LogP contribution in [0.3, 0.4) is 0 Å². The number of carboxylic acid groups (broad SMARTS) is 1. The molecule has 1 N–H and O–H groups in total. The van der Waals surface area contributed by atoms with Crippen molar-refractivity contribution in [2.75, 3.05) is 7.05 Å². The zero-order valence-corrected chi connectivity index (χ0v) is 11.1. The normalized spacial score (nSPS) is 19.2. The summed E-state index contributed by atoms with van der Waals surface area (Å²) < 4.78 is 0. The van der Waals surface area contributed by atoms with Crippen molar-refractivity contribution in [2.24, 2.45) is 5.92 Å². The summed E-state index contributed by atoms with van der Waals surface area (Å²) in [5.74, 6) is -0.309. The third-order valence-electron chi connectivity index (χ3n) is 3.53. The SMILES string of the molecule is CC(Cc1cccs1)N(C)C(C(=O)O)C1CC1. The van der Waals surface area contributed by atoms with Gasteiger partial charge in [-0.1, -0.05) is 6.07 Å². The molecule has 4 heteroatoms. The second kappa shape index (κ2) is 5.19. The van der Waals surface area contributed by atoms with E-state index in [0.717, 1.165) is 19.3 Å². The van der Waals surface area contributed by atoms with Crippen LogP contribution in [0.25, 0.3) is 0 Å². The maximum Gasteiger partial charge on any atom is 0.321 e. The number of hydrogen-bond donors (Lipinski definition) is 1. The van der Waals surface area contributed by atoms with Gasteiger partial charge >= 0.3 is 5.97 Å². The quantitative estimate of drug-likeness (QED) is 0.846. The van der Waals surface area contributed by atoms with Crippen LogP contribution in [-0.4, -0.2) is 35.1 Å². The molecule has 0 aliphatic heterocycles. The lowest BCUT2D eigenvalue weighted by atomic mass is 10.1. The van der Waals surface area contributed by atoms with Gasteiger partial charge in [-0.25, -0.2) is 0 Å². The average Bonchev–Trinajstić information content (AvgIpc) is 2.95. The molecule has 1 aliphatic carbocycles. The summed E-state index contributed by atoms with van der Waals surface area (Å²) in [5.41, 5.74) is 0. The molecule has 1 aromatic rings. The van der Waals surface area contributed by atoms with E-state index in [1.165, 1.54) is 4.88 Å². The zero-order valence-electron chi connectivity index (χ0n) is 10.3. The van der Waals surface area contributed by atoms with E-state index in [0.29, 0.717) is 5.92 Å². The molecule has 0 spiro atoms. The Morgan fingerprint density at radius 1 is 1.65 bits per heavy atom. The summed E-state index contributed by atoms with van der Waals surface area (Å²) in [6.45, 7) is 2.11. The van der Waals surface area contributed by atoms with Crippen molar-refractivity contribution >= 4 is 17.3 Å². The van der Waals surface area contributed by atoms with Crippen molar-refractivity contribution in [1.29, 1.82) is 0 Å². The summed E-state index contributed by atoms with van der Waals surface area (Å²) in [4.78, 5) is 14.6. The predicted octanol–water partition coefficient (Wildman–Crippen LogP) is 2.47. The lowest BCUT2D eigenvalue weighted by molar-refractivity contribution is -0.144. The van der Waals surface area contributed by atoms with Gasteiger partial charge in [0, 0.05) is 10.9 Å². The van der Waals surface area contributed by atoms with Crippen LogP contribution >= 0.6 is 11.3 Å². The number of carbonyl (C=O) groups is 1. The highest BCUT2D eigenvalue weighted by Crippen LogP contribution is 2.36. The Kier molecular flexibility index (Phi) is 3.84. The molecule has 0 amide bonds. The largest absolute Gasteiger partial charge is 0.480 e. The zero-order chi connectivity index (χ0) is 12.4. The number of nitrogens with zero attached hydrogens (tertiary/aromatic N) is 1. The molecule has 0 aromatic carbocycles. The molecule has 1 heterocycles. The van der Waals surface area contributed by atoms with Gasteiger partial charge in [-0.3, -0.25) is 9.69 Å². The van der Waals surface area contributed by atoms with Crippen molar-refractivity contribution < 1.29 is 9.90 Å². The van der Waals surface area contributed by atoms with Crippen molar-refractivity contribution in [3.63, 3.8) is 0 Å². The molecule has 0 bridgehead atoms. The van der Waals surface area contributed by atoms with Gasteiger partial charge in [0.05, 0.1) is 0 Å². The maximum atomic E-state index is 11.3. The molecule has 0 radical (unpaired) electrons. The number of carboxylic acids is 1. The summed E-state index contributed by atoms with van der Waals surface area (Å²) in [6.07, 6.45) is 3.06. The minimum Gasteiger partial charge on any atom is -0.480 e. The fourth-order valence-electron chi connectivity index (χ4n) is 2.26. The summed E-state index contributed by atoms with van der Waals surface area (Å²) in [6, 6.07) is 4.13. The highest BCUT2D eigenvalue weighted by Gasteiger charge is 2.40. The van der Waals surface area contributed by atoms with E-state index in [2.05, 4.69) is 18.4 Å². The van der Waals surface area contributed by atoms with Crippen LogP contribution in [0.1, 0.15) is 24.6 Å². The predicted molar refractivity (Wildman–Crippen MR) is 69.4 cm³/mol. The van der Waals surface area contributed by atoms with Gasteiger partial charge < -0.3 is 5.11 Å². The molecule has 94 valence electrons. The molecule has 1 aliphatic rings. The first-order valence-corrected chi connectivity index (χ1v) is 6.94. The second-order valence-electron chi connectivity index (χ2n) is 4.92. The summed E-state index contributed by atoms with van der Waals surface area (Å²) >= 11 is 1.74. The van der Waals surface area contributed by atoms with E-state index in [1.54, 1.807) is 11.3 Å². The topological polar surface area (TPSA) is 40.5 Å². The molecule has 2 unspecified atom stereocenters. The van der Waals surface area contributed by atoms with Crippen LogP contribution in [0.4, 0.5) is 0 Å². The molecule has 17 heavy (non-hydrogen) atoms. The van der Waals surface area contributed by atoms with Gasteiger partial charge in [-0.2, -0.15) is 0 Å². The lowest BCUT2D eigenvalue weighted by Gasteiger charge is -2.30. The highest BCUT2D eigenvalue weighted by molar-refractivity contribution is 7.09. The van der Waals surface area contributed by atoms with Gasteiger partial charge in [-0.15, -0.1) is 11.3 Å². The van der Waals surface area contributed by atoms with Crippen LogP contribution < -0.4 is 0 Å². The molecule has 1 aromatic heterocycles. The first-order chi connectivity index (χ1) is 8.09. The van der Waals surface area contributed by atoms with Gasteiger partial charge in [0.2, 0.25) is 0 Å². The number of thiophene rings is 1. The van der Waals surface area contributed by atoms with Gasteiger partial charge in [-0.05, 0) is 50.6 Å². The van der Waals surface area contributed by atoms with E-state index in [-0.39, 0.29) is 12.1 Å². The van der Waals surface area contributed by atoms with Crippen LogP contribution in [0, 0.1) is 5.92 Å². The minimum absolute atomic E-state index is 0.273. The number of hydrogen-bond acceptors (Lipinski definition) is 3. The third kappa shape index (κ3) is 3.07. The van der Waals surface area contributed by atoms with Crippen molar-refractivity contribution in [3.05, 3.63) is 22.4 Å². The average molecular weight is 253 g/mol. The van der Waals surface area contributed by atoms with Crippen LogP contribution in [0.2, 0.25) is 0 Å². The van der Waals surface area contributed by atoms with Crippen LogP contribution in [0.15, 0.2) is 17.5 Å². The van der Waals surface area contributed by atoms with Gasteiger partial charge in [0.1, 0.15) is 6.04 Å². The number of rotatable bonds is 6. The van der Waals surface area contributed by atoms with Crippen LogP contribution in [-0.2, 0) is 11.2 Å². The lowest BCUT2D eigenvalue weighted by Crippen LogP contribution is -2.45. The molecule has 3 nitrogen and oxygen atoms in total. The fourth-order valence-corrected chi connectivity index (χ4v) is 3.08. The Hall–Kier alpha value is -0.870. The van der Waals surface area contributed by atoms with E-state index in [1.807, 2.05) is 18.0 Å². The van der Waals surface area contributed by atoms with Crippen molar-refractivity contribution in [3.8, 4) is 0 Å². The maximum absolute atomic E-state index is 11.3. The van der Waals surface area contributed by atoms with Crippen molar-refractivity contribution in [2.45, 2.75) is 38.3 Å². The van der Waals surface area contributed by atoms with E-state index >= 15 is 0 Å². The molecule has 1 fully saturated rings. The Morgan fingerprint density at radius 2 is 2.35 bits per heavy atom. The van der Waals surface area contributed by atoms with Gasteiger partial charge in [0.25, 0.3) is 0 Å². The molecule has 2 rings (SSSR count).